The minimum Gasteiger partial charge on any atom is -0.199 e. The molecular formula is C38H69NP2Pd. The average molecular weight is 708 g/mol. The molecule has 0 saturated heterocycles. The SMILES string of the molecule is C1CCC(P(C2CCCCC2)C2CCCCC2)CC1.C1CCC(P(C2CCCCC2)C2CCCCC2)CC1.CC#N.[Pd]. The van der Waals surface area contributed by atoms with E-state index in [9.17, 15) is 0 Å². The van der Waals surface area contributed by atoms with E-state index in [0.29, 0.717) is 15.8 Å². The van der Waals surface area contributed by atoms with Crippen molar-refractivity contribution in [3.8, 4) is 6.07 Å². The molecule has 0 N–H and O–H groups in total. The van der Waals surface area contributed by atoms with Crippen molar-refractivity contribution in [3.63, 3.8) is 0 Å². The van der Waals surface area contributed by atoms with Gasteiger partial charge >= 0.3 is 0 Å². The molecule has 6 aliphatic carbocycles. The molecule has 6 aliphatic rings. The van der Waals surface area contributed by atoms with Gasteiger partial charge in [-0.05, 0) is 111 Å². The third-order valence-electron chi connectivity index (χ3n) is 12.0. The van der Waals surface area contributed by atoms with Crippen molar-refractivity contribution in [2.24, 2.45) is 0 Å². The average Bonchev–Trinajstić information content (AvgIpc) is 3.05. The van der Waals surface area contributed by atoms with Crippen molar-refractivity contribution in [1.82, 2.24) is 0 Å². The maximum atomic E-state index is 7.32. The summed E-state index contributed by atoms with van der Waals surface area (Å²) in [6, 6.07) is 1.75. The summed E-state index contributed by atoms with van der Waals surface area (Å²) >= 11 is 0. The first kappa shape index (κ1) is 37.5. The van der Waals surface area contributed by atoms with E-state index in [-0.39, 0.29) is 20.4 Å². The number of nitrogens with zero attached hydrogens (tertiary/aromatic N) is 1. The minimum absolute atomic E-state index is 0. The molecule has 1 nitrogen and oxygen atoms in total. The Morgan fingerprint density at radius 2 is 0.452 bits per heavy atom. The van der Waals surface area contributed by atoms with Crippen molar-refractivity contribution >= 4 is 15.8 Å². The van der Waals surface area contributed by atoms with E-state index in [0.717, 1.165) is 0 Å². The van der Waals surface area contributed by atoms with Crippen LogP contribution in [0, 0.1) is 11.3 Å². The summed E-state index contributed by atoms with van der Waals surface area (Å²) < 4.78 is 0. The zero-order valence-electron chi connectivity index (χ0n) is 27.8. The van der Waals surface area contributed by atoms with Crippen LogP contribution < -0.4 is 0 Å². The van der Waals surface area contributed by atoms with Crippen molar-refractivity contribution in [3.05, 3.63) is 0 Å². The van der Waals surface area contributed by atoms with E-state index in [1.54, 1.807) is 160 Å². The van der Waals surface area contributed by atoms with Crippen LogP contribution in [-0.4, -0.2) is 34.0 Å². The molecule has 6 rings (SSSR count). The predicted octanol–water partition coefficient (Wildman–Crippen LogP) is 13.5. The second-order valence-electron chi connectivity index (χ2n) is 14.9. The third kappa shape index (κ3) is 12.3. The van der Waals surface area contributed by atoms with Gasteiger partial charge in [-0.1, -0.05) is 131 Å². The van der Waals surface area contributed by atoms with Gasteiger partial charge in [-0.25, -0.2) is 0 Å². The van der Waals surface area contributed by atoms with Crippen LogP contribution in [0.15, 0.2) is 0 Å². The molecule has 0 atom stereocenters. The molecule has 246 valence electrons. The summed E-state index contributed by atoms with van der Waals surface area (Å²) in [7, 11) is 0.770. The van der Waals surface area contributed by atoms with E-state index in [2.05, 4.69) is 0 Å². The van der Waals surface area contributed by atoms with Gasteiger partial charge in [0.1, 0.15) is 0 Å². The fourth-order valence-electron chi connectivity index (χ4n) is 10.1. The van der Waals surface area contributed by atoms with E-state index in [1.165, 1.54) is 79.4 Å². The Kier molecular flexibility index (Phi) is 20.1. The number of rotatable bonds is 6. The molecule has 0 aromatic rings. The summed E-state index contributed by atoms with van der Waals surface area (Å²) in [4.78, 5) is 0. The Balaban J connectivity index is 0.000000207. The molecule has 0 amide bonds. The van der Waals surface area contributed by atoms with Crippen molar-refractivity contribution in [1.29, 1.82) is 5.26 Å². The molecular weight excluding hydrogens is 639 g/mol. The van der Waals surface area contributed by atoms with Crippen LogP contribution in [0.1, 0.15) is 200 Å². The van der Waals surface area contributed by atoms with Gasteiger partial charge in [0, 0.05) is 27.3 Å². The van der Waals surface area contributed by atoms with Crippen molar-refractivity contribution in [2.45, 2.75) is 234 Å². The van der Waals surface area contributed by atoms with Crippen LogP contribution >= 0.6 is 15.8 Å². The first-order chi connectivity index (χ1) is 20.3. The van der Waals surface area contributed by atoms with E-state index in [4.69, 9.17) is 5.26 Å². The first-order valence-corrected chi connectivity index (χ1v) is 22.3. The topological polar surface area (TPSA) is 23.8 Å². The summed E-state index contributed by atoms with van der Waals surface area (Å²) in [5.41, 5.74) is 7.14. The van der Waals surface area contributed by atoms with Crippen LogP contribution in [0.4, 0.5) is 0 Å². The van der Waals surface area contributed by atoms with Gasteiger partial charge in [0.05, 0.1) is 6.07 Å². The van der Waals surface area contributed by atoms with Gasteiger partial charge < -0.3 is 0 Å². The van der Waals surface area contributed by atoms with Crippen LogP contribution in [-0.2, 0) is 20.4 Å². The largest absolute Gasteiger partial charge is 0.199 e. The summed E-state index contributed by atoms with van der Waals surface area (Å²) in [6.45, 7) is 1.43. The standard InChI is InChI=1S/2C18H33P.C2H3N.Pd/c2*1-4-10-16(11-5-1)19(17-12-6-2-7-13-17)18-14-8-3-9-15-18;1-2-3;/h2*16-18H,1-15H2;1H3;. The maximum Gasteiger partial charge on any atom is 0.0587 e. The van der Waals surface area contributed by atoms with Crippen LogP contribution in [0.2, 0.25) is 0 Å². The summed E-state index contributed by atoms with van der Waals surface area (Å²) in [5, 5.41) is 7.32. The van der Waals surface area contributed by atoms with Gasteiger partial charge in [0.15, 0.2) is 0 Å². The normalized spacial score (nSPS) is 26.3. The Bertz CT molecular complexity index is 549. The maximum absolute atomic E-state index is 7.32. The first-order valence-electron chi connectivity index (χ1n) is 19.2. The smallest absolute Gasteiger partial charge is 0.0587 e. The zero-order valence-corrected chi connectivity index (χ0v) is 31.2. The number of hydrogen-bond donors (Lipinski definition) is 0. The fraction of sp³-hybridized carbons (Fsp3) is 0.974. The monoisotopic (exact) mass is 707 g/mol. The van der Waals surface area contributed by atoms with E-state index in [1.807, 2.05) is 0 Å². The van der Waals surface area contributed by atoms with Gasteiger partial charge in [0.25, 0.3) is 0 Å². The molecule has 0 bridgehead atoms. The zero-order chi connectivity index (χ0) is 28.5. The molecule has 4 heteroatoms. The Morgan fingerprint density at radius 3 is 0.571 bits per heavy atom. The van der Waals surface area contributed by atoms with Gasteiger partial charge in [0.2, 0.25) is 0 Å². The molecule has 0 heterocycles. The van der Waals surface area contributed by atoms with Crippen molar-refractivity contribution < 1.29 is 20.4 Å². The molecule has 42 heavy (non-hydrogen) atoms. The Labute approximate surface area is 279 Å². The Morgan fingerprint density at radius 1 is 0.333 bits per heavy atom. The quantitative estimate of drug-likeness (QED) is 0.199. The van der Waals surface area contributed by atoms with Crippen LogP contribution in [0.25, 0.3) is 0 Å². The summed E-state index contributed by atoms with van der Waals surface area (Å²) in [6.07, 6.45) is 47.2. The molecule has 0 aliphatic heterocycles. The fourth-order valence-corrected chi connectivity index (χ4v) is 19.4. The minimum atomic E-state index is 0. The van der Waals surface area contributed by atoms with Gasteiger partial charge in [-0.3, -0.25) is 0 Å². The van der Waals surface area contributed by atoms with E-state index < -0.39 is 0 Å². The third-order valence-corrected chi connectivity index (χ3v) is 20.1. The summed E-state index contributed by atoms with van der Waals surface area (Å²) in [5.74, 6) is 0. The van der Waals surface area contributed by atoms with Crippen molar-refractivity contribution in [2.75, 3.05) is 0 Å². The van der Waals surface area contributed by atoms with E-state index >= 15 is 0 Å². The van der Waals surface area contributed by atoms with Crippen LogP contribution in [0.3, 0.4) is 0 Å². The molecule has 0 aromatic carbocycles. The second-order valence-corrected chi connectivity index (χ2v) is 21.0. The number of nitriles is 1. The molecule has 0 radical (unpaired) electrons. The Hall–Kier alpha value is 1.01. The van der Waals surface area contributed by atoms with Crippen LogP contribution in [0.5, 0.6) is 0 Å². The number of hydrogen-bond acceptors (Lipinski definition) is 1. The molecule has 6 saturated carbocycles. The van der Waals surface area contributed by atoms with Gasteiger partial charge in [-0.2, -0.15) is 5.26 Å². The molecule has 0 aromatic heterocycles. The molecule has 0 unspecified atom stereocenters. The van der Waals surface area contributed by atoms with Gasteiger partial charge in [-0.15, -0.1) is 0 Å². The molecule has 6 fully saturated rings. The second kappa shape index (κ2) is 22.5. The molecule has 0 spiro atoms. The predicted molar refractivity (Wildman–Crippen MR) is 186 cm³/mol.